The van der Waals surface area contributed by atoms with E-state index < -0.39 is 198 Å². The van der Waals surface area contributed by atoms with Crippen molar-refractivity contribution >= 4 is 126 Å². The highest BCUT2D eigenvalue weighted by Gasteiger charge is 2.44. The molecule has 0 unspecified atom stereocenters. The molecule has 2 aliphatic heterocycles. The SMILES string of the molecule is CCCC[C@H]1C(=O)N(C)CC(=O)N[C@@H](CC(O)=P)C(=O)N[C@@H](C(C)C)C(=O)N(C)[C@@H](Cc2ccccc2)C(=O)N[C@@H](Cc2ccc(O)cc2)C(=O)N2CCCC[C@@H]2C(=O)N[C@@H](Cc2c[nH]c3ccccc23)C(=O)N[C@@H](Cc2ccc(O)cc2)C(=O)N[C@@H](CC(C)C)C(=O)N[C@H](C(=O)NCC(N)=O)CSCC(=O)N[C@@H](Cc2ccccc2)C(=O)N(C)[C@@H](Cc2ccccc2)C(=O)N1C. The van der Waals surface area contributed by atoms with Gasteiger partial charge in [0.15, 0.2) is 0 Å². The summed E-state index contributed by atoms with van der Waals surface area (Å²) in [6.07, 6.45) is 1.71. The molecule has 2 aliphatic rings. The van der Waals surface area contributed by atoms with E-state index in [-0.39, 0.29) is 87.5 Å². The van der Waals surface area contributed by atoms with E-state index >= 15 is 47.9 Å². The van der Waals surface area contributed by atoms with Crippen molar-refractivity contribution in [3.05, 3.63) is 203 Å². The van der Waals surface area contributed by atoms with Crippen molar-refractivity contribution in [2.24, 2.45) is 17.6 Å². The number of carbonyl (C=O) groups excluding carboxylic acids is 15. The molecule has 6 aromatic carbocycles. The van der Waals surface area contributed by atoms with Crippen molar-refractivity contribution in [3.63, 3.8) is 0 Å². The van der Waals surface area contributed by atoms with Gasteiger partial charge >= 0.3 is 0 Å². The van der Waals surface area contributed by atoms with Crippen LogP contribution in [0.3, 0.4) is 0 Å². The van der Waals surface area contributed by atoms with Gasteiger partial charge in [0.25, 0.3) is 0 Å². The first-order valence-electron chi connectivity index (χ1n) is 44.4. The smallest absolute Gasteiger partial charge is 0.246 e. The van der Waals surface area contributed by atoms with Gasteiger partial charge in [0.1, 0.15) is 84.0 Å². The van der Waals surface area contributed by atoms with E-state index in [9.17, 15) is 39.3 Å². The minimum atomic E-state index is -1.64. The molecule has 2 fully saturated rings. The van der Waals surface area contributed by atoms with E-state index in [4.69, 9.17) is 5.73 Å². The minimum Gasteiger partial charge on any atom is -0.508 e. The molecule has 2 saturated heterocycles. The van der Waals surface area contributed by atoms with Gasteiger partial charge in [-0.25, -0.2) is 0 Å². The number of benzene rings is 6. The molecule has 15 N–H and O–H groups in total. The van der Waals surface area contributed by atoms with Crippen LogP contribution in [0.4, 0.5) is 0 Å². The van der Waals surface area contributed by atoms with Gasteiger partial charge in [-0.3, -0.25) is 71.9 Å². The van der Waals surface area contributed by atoms with E-state index in [2.05, 4.69) is 61.7 Å². The molecule has 12 atom stereocenters. The number of nitrogens with two attached hydrogens (primary N) is 1. The fourth-order valence-corrected chi connectivity index (χ4v) is 17.2. The number of hydrogen-bond donors (Lipinski definition) is 14. The molecule has 9 rings (SSSR count). The highest BCUT2D eigenvalue weighted by Crippen LogP contribution is 2.27. The Bertz CT molecular complexity index is 5190. The molecule has 0 saturated carbocycles. The average Bonchev–Trinajstić information content (AvgIpc) is 0.888. The Hall–Kier alpha value is -13.0. The van der Waals surface area contributed by atoms with E-state index in [0.717, 1.165) is 21.6 Å². The van der Waals surface area contributed by atoms with Crippen molar-refractivity contribution < 1.29 is 87.2 Å². The zero-order chi connectivity index (χ0) is 96.0. The number of phenols is 2. The van der Waals surface area contributed by atoms with Crippen LogP contribution in [0.1, 0.15) is 119 Å². The number of piperidine rings is 1. The molecule has 132 heavy (non-hydrogen) atoms. The van der Waals surface area contributed by atoms with Gasteiger partial charge in [0, 0.05) is 103 Å². The number of thioether (sulfide) groups is 1. The lowest BCUT2D eigenvalue weighted by molar-refractivity contribution is -0.151. The van der Waals surface area contributed by atoms with Crippen LogP contribution in [0.15, 0.2) is 170 Å². The molecule has 0 bridgehead atoms. The number of phenolic OH excluding ortho intramolecular Hbond substituents is 2. The molecule has 706 valence electrons. The van der Waals surface area contributed by atoms with Crippen molar-refractivity contribution in [1.82, 2.24) is 77.3 Å². The van der Waals surface area contributed by atoms with Gasteiger partial charge in [0.2, 0.25) is 88.6 Å². The number of para-hydroxylation sites is 1. The maximum absolute atomic E-state index is 15.9. The van der Waals surface area contributed by atoms with Gasteiger partial charge in [-0.2, -0.15) is 0 Å². The average molecular weight is 1850 g/mol. The molecular formula is C96H123N16O18PS. The molecule has 0 spiro atoms. The lowest BCUT2D eigenvalue weighted by Gasteiger charge is -2.38. The number of unbranched alkanes of at least 4 members (excludes halogenated alkanes) is 1. The Morgan fingerprint density at radius 3 is 1.55 bits per heavy atom. The highest BCUT2D eigenvalue weighted by atomic mass is 32.2. The second kappa shape index (κ2) is 49.8. The summed E-state index contributed by atoms with van der Waals surface area (Å²) < 4.78 is 0. The van der Waals surface area contributed by atoms with E-state index in [1.807, 2.05) is 6.92 Å². The Balaban J connectivity index is 1.13. The summed E-state index contributed by atoms with van der Waals surface area (Å²) in [5, 5.41) is 57.1. The molecule has 36 heteroatoms. The first kappa shape index (κ1) is 103. The number of aromatic nitrogens is 1. The predicted octanol–water partition coefficient (Wildman–Crippen LogP) is 3.81. The van der Waals surface area contributed by atoms with E-state index in [0.29, 0.717) is 70.0 Å². The molecule has 7 aromatic rings. The fourth-order valence-electron chi connectivity index (χ4n) is 16.1. The first-order chi connectivity index (χ1) is 63.0. The van der Waals surface area contributed by atoms with Crippen LogP contribution >= 0.6 is 20.6 Å². The van der Waals surface area contributed by atoms with Crippen LogP contribution in [0.25, 0.3) is 10.9 Å². The molecular weight excluding hydrogens is 1730 g/mol. The number of nitrogens with one attached hydrogen (secondary N) is 10. The summed E-state index contributed by atoms with van der Waals surface area (Å²) in [5.74, 6) is -14.8. The van der Waals surface area contributed by atoms with Gasteiger partial charge in [-0.05, 0) is 108 Å². The predicted molar refractivity (Wildman–Crippen MR) is 501 cm³/mol. The fraction of sp³-hybridized carbons (Fsp3) is 0.438. The highest BCUT2D eigenvalue weighted by molar-refractivity contribution is 8.00. The third-order valence-electron chi connectivity index (χ3n) is 23.4. The number of H-pyrrole nitrogens is 1. The van der Waals surface area contributed by atoms with Gasteiger partial charge < -0.3 is 98.4 Å². The Morgan fingerprint density at radius 2 is 0.985 bits per heavy atom. The van der Waals surface area contributed by atoms with Crippen LogP contribution < -0.4 is 53.6 Å². The van der Waals surface area contributed by atoms with Crippen LogP contribution in [0.5, 0.6) is 11.5 Å². The third kappa shape index (κ3) is 30.0. The maximum Gasteiger partial charge on any atom is 0.246 e. The zero-order valence-corrected chi connectivity index (χ0v) is 77.7. The monoisotopic (exact) mass is 1850 g/mol. The Kier molecular flexibility index (Phi) is 38.8. The number of aromatic amines is 1. The quantitative estimate of drug-likeness (QED) is 0.0405. The van der Waals surface area contributed by atoms with Crippen LogP contribution in [0.2, 0.25) is 0 Å². The molecule has 0 radical (unpaired) electrons. The molecule has 1 aromatic heterocycles. The Labute approximate surface area is 774 Å². The van der Waals surface area contributed by atoms with Crippen LogP contribution in [-0.4, -0.2) is 271 Å². The number of rotatable bonds is 23. The van der Waals surface area contributed by atoms with E-state index in [1.165, 1.54) is 79.3 Å². The number of fused-ring (bicyclic) bond motifs is 2. The van der Waals surface area contributed by atoms with Gasteiger partial charge in [-0.1, -0.05) is 190 Å². The standard InChI is InChI=1S/C96H123N16O18PS/c1-10-11-33-77-94(128)108(6)54-81(116)100-72(51-83(118)131)89(123)107-84(58(4)5)96(130)110(8)78(48-60-27-17-13-18-28-60)91(125)105-74(47-63-37-41-66(114)42-38-63)93(127)112-43-24-23-34-76(112)90(124)104-71(50-64-52-98-68-32-22-21-31-67(64)68)88(122)103-70(45-62-35-39-65(113)40-36-62)87(121)102-69(44-57(2)3)86(120)106-75(85(119)99-53-80(97)115)55-132-56-82(117)101-73(46-59-25-15-12-16-26-59)92(126)111(9)79(95(129)109(77)7)49-61-29-19-14-20-30-61/h12-22,25-32,35-42,52,57-58,69-79,84,98,113-114,118,131H,10-11,23-24,33-34,43-51,53-56H2,1-9H3,(H2,97,115)(H,99,119)(H,100,116)(H,101,117)(H,102,121)(H,103,122)(H,104,124)(H,105,125)(H,106,120)(H,107,123)/t69-,70-,71-,72-,73-,74-,75-,76+,77-,78-,79-,84-/m0/s1. The number of carbonyl (C=O) groups is 15. The minimum absolute atomic E-state index is 0.0395. The summed E-state index contributed by atoms with van der Waals surface area (Å²) in [6.45, 7) is 7.21. The molecule has 34 nitrogen and oxygen atoms in total. The number of amides is 15. The normalized spacial score (nSPS) is 22.8. The number of nitrogens with zero attached hydrogens (tertiary/aromatic N) is 5. The molecule has 3 heterocycles. The third-order valence-corrected chi connectivity index (χ3v) is 24.6. The van der Waals surface area contributed by atoms with Crippen molar-refractivity contribution in [2.45, 2.75) is 197 Å². The first-order valence-corrected chi connectivity index (χ1v) is 46.0. The van der Waals surface area contributed by atoms with Crippen molar-refractivity contribution in [2.75, 3.05) is 59.3 Å². The lowest BCUT2D eigenvalue weighted by Crippen LogP contribution is -2.63. The van der Waals surface area contributed by atoms with Crippen LogP contribution in [0, 0.1) is 11.8 Å². The summed E-state index contributed by atoms with van der Waals surface area (Å²) >= 11 is 0.846. The number of hydrogen-bond acceptors (Lipinski definition) is 18. The lowest BCUT2D eigenvalue weighted by atomic mass is 9.96. The summed E-state index contributed by atoms with van der Waals surface area (Å²) in [5.41, 5.74) is 8.83. The molecule has 15 amide bonds. The second-order valence-electron chi connectivity index (χ2n) is 34.4. The van der Waals surface area contributed by atoms with E-state index in [1.54, 1.807) is 161 Å². The van der Waals surface area contributed by atoms with Gasteiger partial charge in [0.05, 0.1) is 24.3 Å². The Morgan fingerprint density at radius 1 is 0.500 bits per heavy atom. The summed E-state index contributed by atoms with van der Waals surface area (Å²) in [4.78, 5) is 234. The second-order valence-corrected chi connectivity index (χ2v) is 36.0. The van der Waals surface area contributed by atoms with Crippen LogP contribution in [-0.2, 0) is 110 Å². The topological polar surface area (TPSA) is 483 Å². The summed E-state index contributed by atoms with van der Waals surface area (Å²) in [7, 11) is 8.53. The number of aliphatic hydroxyl groups is 1. The molecule has 0 aliphatic carbocycles. The number of aromatic hydroxyl groups is 2. The number of aliphatic hydroxyl groups excluding tert-OH is 1. The number of likely N-dealkylation sites (N-methyl/N-ethyl adjacent to an activating group) is 4. The van der Waals surface area contributed by atoms with Crippen molar-refractivity contribution in [3.8, 4) is 11.5 Å². The number of primary amides is 1. The summed E-state index contributed by atoms with van der Waals surface area (Å²) in [6, 6.07) is 27.2. The zero-order valence-electron chi connectivity index (χ0n) is 75.9. The largest absolute Gasteiger partial charge is 0.508 e. The van der Waals surface area contributed by atoms with Gasteiger partial charge in [-0.15, -0.1) is 11.8 Å². The maximum atomic E-state index is 15.9. The van der Waals surface area contributed by atoms with Crippen molar-refractivity contribution in [1.29, 1.82) is 0 Å².